The van der Waals surface area contributed by atoms with Gasteiger partial charge in [0.15, 0.2) is 0 Å². The topological polar surface area (TPSA) is 3.24 Å². The van der Waals surface area contributed by atoms with Crippen molar-refractivity contribution in [1.29, 1.82) is 0 Å². The van der Waals surface area contributed by atoms with Gasteiger partial charge in [-0.15, -0.1) is 11.3 Å². The second kappa shape index (κ2) is 6.02. The standard InChI is InChI=1S/C12H18BrNS/c13-12-6-5-11(15-12)7-10-14-8-3-1-2-4-9-14/h5-6H,1-4,7-10H2. The Morgan fingerprint density at radius 2 is 1.87 bits per heavy atom. The van der Waals surface area contributed by atoms with Crippen LogP contribution in [0, 0.1) is 0 Å². The van der Waals surface area contributed by atoms with E-state index in [-0.39, 0.29) is 0 Å². The zero-order valence-electron chi connectivity index (χ0n) is 9.04. The number of likely N-dealkylation sites (tertiary alicyclic amines) is 1. The minimum atomic E-state index is 1.22. The van der Waals surface area contributed by atoms with E-state index in [9.17, 15) is 0 Å². The van der Waals surface area contributed by atoms with Crippen molar-refractivity contribution in [3.8, 4) is 0 Å². The highest BCUT2D eigenvalue weighted by Gasteiger charge is 2.09. The molecule has 0 saturated carbocycles. The molecule has 0 bridgehead atoms. The van der Waals surface area contributed by atoms with E-state index in [1.165, 1.54) is 60.4 Å². The highest BCUT2D eigenvalue weighted by Crippen LogP contribution is 2.22. The summed E-state index contributed by atoms with van der Waals surface area (Å²) in [4.78, 5) is 4.13. The molecule has 1 fully saturated rings. The molecule has 0 N–H and O–H groups in total. The highest BCUT2D eigenvalue weighted by molar-refractivity contribution is 9.11. The van der Waals surface area contributed by atoms with Gasteiger partial charge in [0.1, 0.15) is 0 Å². The number of thiophene rings is 1. The molecule has 1 saturated heterocycles. The first kappa shape index (κ1) is 11.6. The maximum atomic E-state index is 3.52. The molecular weight excluding hydrogens is 270 g/mol. The van der Waals surface area contributed by atoms with Gasteiger partial charge in [-0.3, -0.25) is 0 Å². The van der Waals surface area contributed by atoms with Crippen molar-refractivity contribution < 1.29 is 0 Å². The van der Waals surface area contributed by atoms with E-state index in [1.807, 2.05) is 11.3 Å². The Hall–Kier alpha value is 0.140. The maximum absolute atomic E-state index is 3.52. The third-order valence-electron chi connectivity index (χ3n) is 3.00. The van der Waals surface area contributed by atoms with Crippen LogP contribution in [0.5, 0.6) is 0 Å². The Balaban J connectivity index is 1.76. The Morgan fingerprint density at radius 1 is 1.13 bits per heavy atom. The molecule has 2 rings (SSSR count). The molecule has 1 nitrogen and oxygen atoms in total. The minimum Gasteiger partial charge on any atom is -0.303 e. The number of hydrogen-bond acceptors (Lipinski definition) is 2. The fourth-order valence-electron chi connectivity index (χ4n) is 2.11. The second-order valence-corrected chi connectivity index (χ2v) is 6.76. The van der Waals surface area contributed by atoms with Crippen LogP contribution in [0.25, 0.3) is 0 Å². The zero-order valence-corrected chi connectivity index (χ0v) is 11.4. The van der Waals surface area contributed by atoms with Crippen molar-refractivity contribution in [2.75, 3.05) is 19.6 Å². The Bertz CT molecular complexity index is 290. The number of rotatable bonds is 3. The van der Waals surface area contributed by atoms with Gasteiger partial charge < -0.3 is 4.90 Å². The third-order valence-corrected chi connectivity index (χ3v) is 4.69. The molecular formula is C12H18BrNS. The summed E-state index contributed by atoms with van der Waals surface area (Å²) >= 11 is 5.39. The molecule has 1 aromatic heterocycles. The molecule has 2 heterocycles. The van der Waals surface area contributed by atoms with E-state index < -0.39 is 0 Å². The van der Waals surface area contributed by atoms with E-state index in [0.29, 0.717) is 0 Å². The SMILES string of the molecule is Brc1ccc(CCN2CCCCCC2)s1. The molecule has 1 aromatic rings. The molecule has 84 valence electrons. The first-order valence-electron chi connectivity index (χ1n) is 5.81. The predicted molar refractivity (Wildman–Crippen MR) is 70.6 cm³/mol. The number of halogens is 1. The molecule has 1 aliphatic rings. The summed E-state index contributed by atoms with van der Waals surface area (Å²) in [7, 11) is 0. The van der Waals surface area contributed by atoms with Crippen LogP contribution >= 0.6 is 27.3 Å². The lowest BCUT2D eigenvalue weighted by Crippen LogP contribution is -2.26. The summed E-state index contributed by atoms with van der Waals surface area (Å²) in [6, 6.07) is 4.40. The molecule has 0 unspecified atom stereocenters. The molecule has 0 radical (unpaired) electrons. The van der Waals surface area contributed by atoms with Crippen LogP contribution in [-0.4, -0.2) is 24.5 Å². The summed E-state index contributed by atoms with van der Waals surface area (Å²) in [5.74, 6) is 0. The normalized spacial score (nSPS) is 19.0. The molecule has 0 amide bonds. The summed E-state index contributed by atoms with van der Waals surface area (Å²) < 4.78 is 1.26. The Kier molecular flexibility index (Phi) is 4.66. The number of hydrogen-bond donors (Lipinski definition) is 0. The third kappa shape index (κ3) is 3.89. The van der Waals surface area contributed by atoms with Crippen LogP contribution in [0.3, 0.4) is 0 Å². The van der Waals surface area contributed by atoms with Gasteiger partial charge in [0.25, 0.3) is 0 Å². The molecule has 0 aliphatic carbocycles. The molecule has 15 heavy (non-hydrogen) atoms. The van der Waals surface area contributed by atoms with Crippen LogP contribution in [0.1, 0.15) is 30.6 Å². The first-order valence-corrected chi connectivity index (χ1v) is 7.42. The first-order chi connectivity index (χ1) is 7.34. The van der Waals surface area contributed by atoms with E-state index in [2.05, 4.69) is 33.0 Å². The predicted octanol–water partition coefficient (Wildman–Crippen LogP) is 3.93. The van der Waals surface area contributed by atoms with E-state index in [4.69, 9.17) is 0 Å². The molecule has 3 heteroatoms. The van der Waals surface area contributed by atoms with Gasteiger partial charge in [-0.2, -0.15) is 0 Å². The lowest BCUT2D eigenvalue weighted by atomic mass is 10.2. The van der Waals surface area contributed by atoms with Crippen LogP contribution in [0.4, 0.5) is 0 Å². The monoisotopic (exact) mass is 287 g/mol. The van der Waals surface area contributed by atoms with Crippen LogP contribution in [-0.2, 0) is 6.42 Å². The van der Waals surface area contributed by atoms with Crippen molar-refractivity contribution in [2.45, 2.75) is 32.1 Å². The van der Waals surface area contributed by atoms with Crippen LogP contribution in [0.2, 0.25) is 0 Å². The average molecular weight is 288 g/mol. The van der Waals surface area contributed by atoms with E-state index in [1.54, 1.807) is 0 Å². The molecule has 1 aliphatic heterocycles. The maximum Gasteiger partial charge on any atom is 0.0701 e. The van der Waals surface area contributed by atoms with Gasteiger partial charge in [0, 0.05) is 11.4 Å². The Labute approximate surface area is 105 Å². The summed E-state index contributed by atoms with van der Waals surface area (Å²) in [5.41, 5.74) is 0. The minimum absolute atomic E-state index is 1.22. The quantitative estimate of drug-likeness (QED) is 0.814. The van der Waals surface area contributed by atoms with Gasteiger partial charge in [-0.1, -0.05) is 12.8 Å². The summed E-state index contributed by atoms with van der Waals surface area (Å²) in [5, 5.41) is 0. The van der Waals surface area contributed by atoms with Crippen molar-refractivity contribution >= 4 is 27.3 Å². The lowest BCUT2D eigenvalue weighted by Gasteiger charge is -2.18. The number of nitrogens with zero attached hydrogens (tertiary/aromatic N) is 1. The van der Waals surface area contributed by atoms with Crippen LogP contribution < -0.4 is 0 Å². The largest absolute Gasteiger partial charge is 0.303 e. The van der Waals surface area contributed by atoms with Gasteiger partial charge in [-0.05, 0) is 60.4 Å². The average Bonchev–Trinajstić information content (AvgIpc) is 2.52. The Morgan fingerprint density at radius 3 is 2.47 bits per heavy atom. The van der Waals surface area contributed by atoms with Crippen molar-refractivity contribution in [1.82, 2.24) is 4.90 Å². The molecule has 0 spiro atoms. The lowest BCUT2D eigenvalue weighted by molar-refractivity contribution is 0.289. The summed E-state index contributed by atoms with van der Waals surface area (Å²) in [6.45, 7) is 3.87. The second-order valence-electron chi connectivity index (χ2n) is 4.21. The molecule has 0 atom stereocenters. The fraction of sp³-hybridized carbons (Fsp3) is 0.667. The van der Waals surface area contributed by atoms with Crippen molar-refractivity contribution in [3.05, 3.63) is 20.8 Å². The van der Waals surface area contributed by atoms with E-state index >= 15 is 0 Å². The van der Waals surface area contributed by atoms with Gasteiger partial charge in [0.05, 0.1) is 3.79 Å². The van der Waals surface area contributed by atoms with Crippen molar-refractivity contribution in [2.24, 2.45) is 0 Å². The molecule has 0 aromatic carbocycles. The summed E-state index contributed by atoms with van der Waals surface area (Å²) in [6.07, 6.45) is 6.88. The van der Waals surface area contributed by atoms with Crippen molar-refractivity contribution in [3.63, 3.8) is 0 Å². The zero-order chi connectivity index (χ0) is 10.5. The highest BCUT2D eigenvalue weighted by atomic mass is 79.9. The van der Waals surface area contributed by atoms with Crippen LogP contribution in [0.15, 0.2) is 15.9 Å². The van der Waals surface area contributed by atoms with E-state index in [0.717, 1.165) is 0 Å². The van der Waals surface area contributed by atoms with Gasteiger partial charge >= 0.3 is 0 Å². The van der Waals surface area contributed by atoms with Gasteiger partial charge in [0.2, 0.25) is 0 Å². The fourth-order valence-corrected chi connectivity index (χ4v) is 3.59. The van der Waals surface area contributed by atoms with Gasteiger partial charge in [-0.25, -0.2) is 0 Å². The smallest absolute Gasteiger partial charge is 0.0701 e.